The molecule has 6 rings (SSSR count). The molecule has 29 heavy (non-hydrogen) atoms. The Morgan fingerprint density at radius 1 is 1.21 bits per heavy atom. The van der Waals surface area contributed by atoms with E-state index in [-0.39, 0.29) is 34.9 Å². The van der Waals surface area contributed by atoms with E-state index in [4.69, 9.17) is 0 Å². The van der Waals surface area contributed by atoms with E-state index in [1.165, 1.54) is 11.1 Å². The highest BCUT2D eigenvalue weighted by Crippen LogP contribution is 2.59. The van der Waals surface area contributed by atoms with Crippen LogP contribution >= 0.6 is 0 Å². The molecule has 1 amide bonds. The van der Waals surface area contributed by atoms with E-state index in [1.807, 2.05) is 26.4 Å². The number of aliphatic hydroxyl groups is 1. The Bertz CT molecular complexity index is 907. The van der Waals surface area contributed by atoms with E-state index < -0.39 is 0 Å². The van der Waals surface area contributed by atoms with Crippen LogP contribution in [0.2, 0.25) is 0 Å². The number of rotatable bonds is 5. The van der Waals surface area contributed by atoms with Crippen LogP contribution in [0.25, 0.3) is 11.3 Å². The van der Waals surface area contributed by atoms with Gasteiger partial charge in [-0.15, -0.1) is 0 Å². The molecule has 2 aromatic rings. The number of benzene rings is 1. The summed E-state index contributed by atoms with van der Waals surface area (Å²) in [6.45, 7) is 4.05. The standard InChI is InChI=1S/C24H31N3O2/c1-16(2)26-22(29)24-10-7-23(8-11-24,9-12-24)21(28)13-19-17-5-3-4-6-18(17)20-14-25-15-27(19)20/h3-6,14-16,19,21,28H,7-13H2,1-2H3,(H,26,29). The van der Waals surface area contributed by atoms with Crippen molar-refractivity contribution in [3.05, 3.63) is 42.4 Å². The van der Waals surface area contributed by atoms with Crippen molar-refractivity contribution in [1.29, 1.82) is 0 Å². The van der Waals surface area contributed by atoms with Crippen LogP contribution in [0.15, 0.2) is 36.8 Å². The quantitative estimate of drug-likeness (QED) is 0.805. The van der Waals surface area contributed by atoms with E-state index >= 15 is 0 Å². The molecule has 5 nitrogen and oxygen atoms in total. The minimum atomic E-state index is -0.361. The summed E-state index contributed by atoms with van der Waals surface area (Å²) < 4.78 is 2.22. The number of fused-ring (bicyclic) bond motifs is 6. The Balaban J connectivity index is 1.34. The fraction of sp³-hybridized carbons (Fsp3) is 0.583. The fourth-order valence-electron chi connectivity index (χ4n) is 6.10. The number of nitrogens with one attached hydrogen (secondary N) is 1. The first-order valence-electron chi connectivity index (χ1n) is 11.0. The molecule has 0 radical (unpaired) electrons. The number of aliphatic hydroxyl groups excluding tert-OH is 1. The number of imidazole rings is 1. The van der Waals surface area contributed by atoms with E-state index in [9.17, 15) is 9.90 Å². The molecular formula is C24H31N3O2. The molecule has 3 fully saturated rings. The molecular weight excluding hydrogens is 362 g/mol. The van der Waals surface area contributed by atoms with Crippen LogP contribution in [-0.2, 0) is 4.79 Å². The average molecular weight is 394 g/mol. The minimum Gasteiger partial charge on any atom is -0.392 e. The van der Waals surface area contributed by atoms with Gasteiger partial charge in [-0.2, -0.15) is 0 Å². The van der Waals surface area contributed by atoms with Gasteiger partial charge in [0.25, 0.3) is 0 Å². The van der Waals surface area contributed by atoms with E-state index in [0.29, 0.717) is 6.42 Å². The van der Waals surface area contributed by atoms with Gasteiger partial charge in [-0.25, -0.2) is 4.98 Å². The Labute approximate surface area is 172 Å². The van der Waals surface area contributed by atoms with Crippen LogP contribution in [-0.4, -0.2) is 32.7 Å². The summed E-state index contributed by atoms with van der Waals surface area (Å²) in [5.41, 5.74) is 3.42. The molecule has 4 aliphatic rings. The van der Waals surface area contributed by atoms with Gasteiger partial charge in [0.1, 0.15) is 0 Å². The number of hydrogen-bond acceptors (Lipinski definition) is 3. The maximum Gasteiger partial charge on any atom is 0.226 e. The zero-order valence-corrected chi connectivity index (χ0v) is 17.4. The highest BCUT2D eigenvalue weighted by atomic mass is 16.3. The largest absolute Gasteiger partial charge is 0.392 e. The second-order valence-electron chi connectivity index (χ2n) is 9.81. The predicted molar refractivity (Wildman–Crippen MR) is 112 cm³/mol. The summed E-state index contributed by atoms with van der Waals surface area (Å²) in [7, 11) is 0. The Morgan fingerprint density at radius 3 is 2.59 bits per heavy atom. The maximum atomic E-state index is 12.8. The van der Waals surface area contributed by atoms with Crippen molar-refractivity contribution in [2.45, 2.75) is 77.0 Å². The van der Waals surface area contributed by atoms with Crippen LogP contribution in [0.1, 0.15) is 70.4 Å². The number of carbonyl (C=O) groups excluding carboxylic acids is 1. The topological polar surface area (TPSA) is 67.2 Å². The van der Waals surface area contributed by atoms with Crippen molar-refractivity contribution in [3.8, 4) is 11.3 Å². The monoisotopic (exact) mass is 393 g/mol. The normalized spacial score (nSPS) is 30.8. The first kappa shape index (κ1) is 18.9. The molecule has 2 bridgehead atoms. The van der Waals surface area contributed by atoms with Crippen molar-refractivity contribution < 1.29 is 9.90 Å². The Hall–Kier alpha value is -2.14. The molecule has 3 aliphatic carbocycles. The second kappa shape index (κ2) is 6.69. The summed E-state index contributed by atoms with van der Waals surface area (Å²) in [6.07, 6.45) is 9.73. The second-order valence-corrected chi connectivity index (χ2v) is 9.81. The molecule has 154 valence electrons. The highest BCUT2D eigenvalue weighted by Gasteiger charge is 2.55. The third-order valence-corrected chi connectivity index (χ3v) is 7.96. The third kappa shape index (κ3) is 2.85. The predicted octanol–water partition coefficient (Wildman–Crippen LogP) is 4.07. The molecule has 1 aliphatic heterocycles. The third-order valence-electron chi connectivity index (χ3n) is 7.96. The molecule has 2 heterocycles. The molecule has 0 spiro atoms. The zero-order chi connectivity index (χ0) is 20.2. The summed E-state index contributed by atoms with van der Waals surface area (Å²) >= 11 is 0. The summed E-state index contributed by atoms with van der Waals surface area (Å²) in [5, 5.41) is 14.6. The first-order chi connectivity index (χ1) is 13.9. The zero-order valence-electron chi connectivity index (χ0n) is 17.4. The SMILES string of the molecule is CC(C)NC(=O)C12CCC(C(O)CC3c4ccccc4-c4cncn43)(CC1)CC2. The molecule has 2 unspecified atom stereocenters. The number of aromatic nitrogens is 2. The first-order valence-corrected chi connectivity index (χ1v) is 11.0. The molecule has 5 heteroatoms. The van der Waals surface area contributed by atoms with Crippen LogP contribution in [0.5, 0.6) is 0 Å². The fourth-order valence-corrected chi connectivity index (χ4v) is 6.10. The van der Waals surface area contributed by atoms with Gasteiger partial charge in [0.05, 0.1) is 30.4 Å². The van der Waals surface area contributed by atoms with Gasteiger partial charge < -0.3 is 15.0 Å². The van der Waals surface area contributed by atoms with Gasteiger partial charge in [0.2, 0.25) is 5.91 Å². The van der Waals surface area contributed by atoms with Crippen molar-refractivity contribution in [2.24, 2.45) is 10.8 Å². The van der Waals surface area contributed by atoms with Crippen LogP contribution in [0, 0.1) is 10.8 Å². The van der Waals surface area contributed by atoms with E-state index in [2.05, 4.69) is 39.1 Å². The highest BCUT2D eigenvalue weighted by molar-refractivity contribution is 5.83. The van der Waals surface area contributed by atoms with E-state index in [1.54, 1.807) is 0 Å². The Kier molecular flexibility index (Phi) is 4.35. The van der Waals surface area contributed by atoms with Gasteiger partial charge in [-0.1, -0.05) is 24.3 Å². The van der Waals surface area contributed by atoms with Gasteiger partial charge in [-0.3, -0.25) is 4.79 Å². The lowest BCUT2D eigenvalue weighted by molar-refractivity contribution is -0.148. The molecule has 0 saturated heterocycles. The van der Waals surface area contributed by atoms with Crippen molar-refractivity contribution in [3.63, 3.8) is 0 Å². The number of carbonyl (C=O) groups is 1. The number of amides is 1. The van der Waals surface area contributed by atoms with Crippen LogP contribution in [0.3, 0.4) is 0 Å². The van der Waals surface area contributed by atoms with E-state index in [0.717, 1.165) is 44.2 Å². The Morgan fingerprint density at radius 2 is 1.90 bits per heavy atom. The molecule has 2 atom stereocenters. The lowest BCUT2D eigenvalue weighted by atomic mass is 9.51. The summed E-state index contributed by atoms with van der Waals surface area (Å²) in [5.74, 6) is 0.225. The summed E-state index contributed by atoms with van der Waals surface area (Å²) in [4.78, 5) is 17.1. The van der Waals surface area contributed by atoms with Crippen molar-refractivity contribution in [2.75, 3.05) is 0 Å². The van der Waals surface area contributed by atoms with Crippen molar-refractivity contribution >= 4 is 5.91 Å². The minimum absolute atomic E-state index is 0.0435. The molecule has 1 aromatic carbocycles. The van der Waals surface area contributed by atoms with Crippen LogP contribution in [0.4, 0.5) is 0 Å². The summed E-state index contributed by atoms with van der Waals surface area (Å²) in [6, 6.07) is 8.81. The van der Waals surface area contributed by atoms with Crippen LogP contribution < -0.4 is 5.32 Å². The molecule has 1 aromatic heterocycles. The lowest BCUT2D eigenvalue weighted by Gasteiger charge is -2.54. The average Bonchev–Trinajstić information content (AvgIpc) is 3.31. The van der Waals surface area contributed by atoms with Gasteiger partial charge >= 0.3 is 0 Å². The van der Waals surface area contributed by atoms with Gasteiger partial charge in [0.15, 0.2) is 0 Å². The maximum absolute atomic E-state index is 12.8. The smallest absolute Gasteiger partial charge is 0.226 e. The number of nitrogens with zero attached hydrogens (tertiary/aromatic N) is 2. The lowest BCUT2D eigenvalue weighted by Crippen LogP contribution is -2.54. The molecule has 2 N–H and O–H groups in total. The van der Waals surface area contributed by atoms with Crippen molar-refractivity contribution in [1.82, 2.24) is 14.9 Å². The van der Waals surface area contributed by atoms with Gasteiger partial charge in [0, 0.05) is 17.0 Å². The van der Waals surface area contributed by atoms with Gasteiger partial charge in [-0.05, 0) is 69.8 Å². The molecule has 3 saturated carbocycles. The number of hydrogen-bond donors (Lipinski definition) is 2.